The summed E-state index contributed by atoms with van der Waals surface area (Å²) in [5, 5.41) is 14.4. The van der Waals surface area contributed by atoms with Crippen LogP contribution in [0.1, 0.15) is 19.4 Å². The molecule has 0 fully saturated rings. The predicted molar refractivity (Wildman–Crippen MR) is 62.6 cm³/mol. The number of rotatable bonds is 4. The van der Waals surface area contributed by atoms with Crippen molar-refractivity contribution in [1.82, 2.24) is 0 Å². The third-order valence-corrected chi connectivity index (χ3v) is 4.10. The lowest BCUT2D eigenvalue weighted by Gasteiger charge is -2.31. The molecule has 0 aromatic carbocycles. The van der Waals surface area contributed by atoms with Crippen LogP contribution in [0.25, 0.3) is 0 Å². The van der Waals surface area contributed by atoms with Crippen molar-refractivity contribution in [2.75, 3.05) is 13.7 Å². The predicted octanol–water partition coefficient (Wildman–Crippen LogP) is 3.00. The summed E-state index contributed by atoms with van der Waals surface area (Å²) >= 11 is 5.01. The summed E-state index contributed by atoms with van der Waals surface area (Å²) in [5.74, 6) is 0.119. The van der Waals surface area contributed by atoms with Gasteiger partial charge < -0.3 is 9.84 Å². The minimum atomic E-state index is -0.895. The first-order chi connectivity index (χ1) is 6.52. The van der Waals surface area contributed by atoms with E-state index in [1.54, 1.807) is 18.4 Å². The zero-order valence-electron chi connectivity index (χ0n) is 8.58. The maximum Gasteiger partial charge on any atom is 0.117 e. The van der Waals surface area contributed by atoms with E-state index in [4.69, 9.17) is 4.74 Å². The molecule has 1 heterocycles. The first-order valence-corrected chi connectivity index (χ1v) is 6.19. The molecule has 80 valence electrons. The Bertz CT molecular complexity index is 298. The second kappa shape index (κ2) is 4.75. The van der Waals surface area contributed by atoms with Gasteiger partial charge >= 0.3 is 0 Å². The van der Waals surface area contributed by atoms with Crippen LogP contribution in [0.4, 0.5) is 0 Å². The molecule has 0 amide bonds. The Morgan fingerprint density at radius 2 is 2.21 bits per heavy atom. The van der Waals surface area contributed by atoms with Gasteiger partial charge in [-0.15, -0.1) is 0 Å². The Labute approximate surface area is 97.0 Å². The number of hydrogen-bond donors (Lipinski definition) is 1. The van der Waals surface area contributed by atoms with Gasteiger partial charge in [0.2, 0.25) is 0 Å². The van der Waals surface area contributed by atoms with E-state index in [1.165, 1.54) is 0 Å². The number of hydrogen-bond acceptors (Lipinski definition) is 3. The van der Waals surface area contributed by atoms with Crippen molar-refractivity contribution >= 4 is 27.3 Å². The van der Waals surface area contributed by atoms with Gasteiger partial charge in [-0.3, -0.25) is 0 Å². The van der Waals surface area contributed by atoms with E-state index in [0.29, 0.717) is 6.61 Å². The highest BCUT2D eigenvalue weighted by molar-refractivity contribution is 9.10. The van der Waals surface area contributed by atoms with Crippen LogP contribution in [0.5, 0.6) is 0 Å². The van der Waals surface area contributed by atoms with E-state index in [2.05, 4.69) is 15.9 Å². The summed E-state index contributed by atoms with van der Waals surface area (Å²) in [6.07, 6.45) is 0. The van der Waals surface area contributed by atoms with Gasteiger partial charge in [0.05, 0.1) is 6.61 Å². The number of halogens is 1. The summed E-state index contributed by atoms with van der Waals surface area (Å²) in [6.45, 7) is 4.30. The summed E-state index contributed by atoms with van der Waals surface area (Å²) < 4.78 is 6.04. The molecule has 1 aromatic rings. The Kier molecular flexibility index (Phi) is 4.13. The van der Waals surface area contributed by atoms with Crippen LogP contribution in [-0.4, -0.2) is 18.8 Å². The smallest absolute Gasteiger partial charge is 0.117 e. The highest BCUT2D eigenvalue weighted by atomic mass is 79.9. The average molecular weight is 279 g/mol. The molecule has 0 spiro atoms. The fourth-order valence-corrected chi connectivity index (χ4v) is 3.08. The molecule has 14 heavy (non-hydrogen) atoms. The van der Waals surface area contributed by atoms with Gasteiger partial charge in [-0.25, -0.2) is 0 Å². The molecule has 0 aliphatic rings. The van der Waals surface area contributed by atoms with Crippen molar-refractivity contribution in [2.24, 2.45) is 5.92 Å². The van der Waals surface area contributed by atoms with E-state index < -0.39 is 5.60 Å². The molecule has 1 N–H and O–H groups in total. The van der Waals surface area contributed by atoms with Gasteiger partial charge in [0.25, 0.3) is 0 Å². The van der Waals surface area contributed by atoms with Crippen molar-refractivity contribution in [3.05, 3.63) is 20.8 Å². The van der Waals surface area contributed by atoms with E-state index in [9.17, 15) is 5.11 Å². The minimum Gasteiger partial charge on any atom is -0.382 e. The zero-order chi connectivity index (χ0) is 10.8. The fraction of sp³-hybridized carbons (Fsp3) is 0.600. The third-order valence-electron chi connectivity index (χ3n) is 2.40. The van der Waals surface area contributed by atoms with Crippen LogP contribution in [0.15, 0.2) is 15.2 Å². The number of thiophene rings is 1. The summed E-state index contributed by atoms with van der Waals surface area (Å²) in [5.41, 5.74) is 0.0208. The van der Waals surface area contributed by atoms with Crippen LogP contribution in [0.2, 0.25) is 0 Å². The summed E-state index contributed by atoms with van der Waals surface area (Å²) in [7, 11) is 1.60. The first-order valence-electron chi connectivity index (χ1n) is 4.46. The van der Waals surface area contributed by atoms with Crippen LogP contribution >= 0.6 is 27.3 Å². The van der Waals surface area contributed by atoms with Gasteiger partial charge in [-0.05, 0) is 27.2 Å². The minimum absolute atomic E-state index is 0.119. The Balaban J connectivity index is 3.05. The Morgan fingerprint density at radius 1 is 1.57 bits per heavy atom. The van der Waals surface area contributed by atoms with Crippen molar-refractivity contribution < 1.29 is 9.84 Å². The quantitative estimate of drug-likeness (QED) is 0.918. The second-order valence-corrected chi connectivity index (χ2v) is 5.24. The zero-order valence-corrected chi connectivity index (χ0v) is 11.0. The lowest BCUT2D eigenvalue weighted by molar-refractivity contribution is -0.0702. The maximum absolute atomic E-state index is 10.5. The van der Waals surface area contributed by atoms with Crippen LogP contribution in [0.3, 0.4) is 0 Å². The second-order valence-electron chi connectivity index (χ2n) is 3.65. The van der Waals surface area contributed by atoms with Crippen LogP contribution in [-0.2, 0) is 10.3 Å². The van der Waals surface area contributed by atoms with Crippen LogP contribution in [0, 0.1) is 5.92 Å². The maximum atomic E-state index is 10.5. The van der Waals surface area contributed by atoms with Crippen molar-refractivity contribution in [3.63, 3.8) is 0 Å². The summed E-state index contributed by atoms with van der Waals surface area (Å²) in [4.78, 5) is 0. The standard InChI is InChI=1S/C10H15BrO2S/c1-7(2)10(12,6-13-3)8-4-14-5-9(8)11/h4-5,7,12H,6H2,1-3H3. The molecule has 2 nitrogen and oxygen atoms in total. The monoisotopic (exact) mass is 278 g/mol. The molecule has 0 bridgehead atoms. The normalized spacial score (nSPS) is 15.9. The molecule has 0 aliphatic heterocycles. The van der Waals surface area contributed by atoms with Gasteiger partial charge in [-0.1, -0.05) is 13.8 Å². The van der Waals surface area contributed by atoms with Gasteiger partial charge in [0.15, 0.2) is 0 Å². The third kappa shape index (κ3) is 2.19. The van der Waals surface area contributed by atoms with Crippen LogP contribution < -0.4 is 0 Å². The number of methoxy groups -OCH3 is 1. The number of ether oxygens (including phenoxy) is 1. The van der Waals surface area contributed by atoms with Gasteiger partial charge in [0.1, 0.15) is 5.60 Å². The van der Waals surface area contributed by atoms with E-state index in [1.807, 2.05) is 24.6 Å². The lowest BCUT2D eigenvalue weighted by Crippen LogP contribution is -2.36. The van der Waals surface area contributed by atoms with Crippen molar-refractivity contribution in [3.8, 4) is 0 Å². The highest BCUT2D eigenvalue weighted by Gasteiger charge is 2.35. The lowest BCUT2D eigenvalue weighted by atomic mass is 9.86. The molecule has 0 aliphatic carbocycles. The van der Waals surface area contributed by atoms with Crippen molar-refractivity contribution in [2.45, 2.75) is 19.4 Å². The molecule has 1 aromatic heterocycles. The Morgan fingerprint density at radius 3 is 2.57 bits per heavy atom. The van der Waals surface area contributed by atoms with E-state index in [-0.39, 0.29) is 5.92 Å². The molecular weight excluding hydrogens is 264 g/mol. The number of aliphatic hydroxyl groups is 1. The van der Waals surface area contributed by atoms with Gasteiger partial charge in [0, 0.05) is 22.5 Å². The first kappa shape index (κ1) is 12.2. The van der Waals surface area contributed by atoms with Crippen molar-refractivity contribution in [1.29, 1.82) is 0 Å². The van der Waals surface area contributed by atoms with Gasteiger partial charge in [-0.2, -0.15) is 11.3 Å². The molecule has 1 rings (SSSR count). The SMILES string of the molecule is COCC(O)(c1cscc1Br)C(C)C. The molecule has 1 atom stereocenters. The molecular formula is C10H15BrO2S. The molecule has 4 heteroatoms. The summed E-state index contributed by atoms with van der Waals surface area (Å²) in [6, 6.07) is 0. The highest BCUT2D eigenvalue weighted by Crippen LogP contribution is 2.36. The average Bonchev–Trinajstić information content (AvgIpc) is 2.51. The van der Waals surface area contributed by atoms with E-state index >= 15 is 0 Å². The topological polar surface area (TPSA) is 29.5 Å². The molecule has 0 saturated carbocycles. The molecule has 1 unspecified atom stereocenters. The largest absolute Gasteiger partial charge is 0.382 e. The molecule has 0 radical (unpaired) electrons. The molecule has 0 saturated heterocycles. The fourth-order valence-electron chi connectivity index (χ4n) is 1.37. The Hall–Kier alpha value is 0.100. The van der Waals surface area contributed by atoms with E-state index in [0.717, 1.165) is 10.0 Å².